The molecule has 4 heteroatoms. The highest BCUT2D eigenvalue weighted by Gasteiger charge is 2.28. The van der Waals surface area contributed by atoms with Gasteiger partial charge in [-0.3, -0.25) is 0 Å². The van der Waals surface area contributed by atoms with Gasteiger partial charge in [0, 0.05) is 24.7 Å². The van der Waals surface area contributed by atoms with Crippen molar-refractivity contribution in [2.24, 2.45) is 5.92 Å². The van der Waals surface area contributed by atoms with Crippen molar-refractivity contribution in [2.45, 2.75) is 12.5 Å². The maximum atomic E-state index is 6.13. The Balaban J connectivity index is 1.83. The minimum atomic E-state index is 0.0277. The van der Waals surface area contributed by atoms with E-state index in [1.807, 2.05) is 24.3 Å². The van der Waals surface area contributed by atoms with Crippen molar-refractivity contribution in [1.82, 2.24) is 10.3 Å². The number of nitrogens with one attached hydrogen (secondary N) is 1. The van der Waals surface area contributed by atoms with Crippen LogP contribution in [0.1, 0.15) is 18.1 Å². The van der Waals surface area contributed by atoms with E-state index in [4.69, 9.17) is 16.3 Å². The lowest BCUT2D eigenvalue weighted by atomic mass is 9.95. The molecular weight excluding hydrogens is 272 g/mol. The molecule has 3 rings (SSSR count). The van der Waals surface area contributed by atoms with Gasteiger partial charge in [0.25, 0.3) is 0 Å². The topological polar surface area (TPSA) is 34.1 Å². The van der Waals surface area contributed by atoms with E-state index in [9.17, 15) is 0 Å². The van der Waals surface area contributed by atoms with Crippen molar-refractivity contribution in [3.63, 3.8) is 0 Å². The van der Waals surface area contributed by atoms with E-state index in [0.29, 0.717) is 16.8 Å². The first kappa shape index (κ1) is 13.4. The molecule has 1 aromatic carbocycles. The number of hydrogen-bond acceptors (Lipinski definition) is 3. The van der Waals surface area contributed by atoms with Crippen LogP contribution in [0.2, 0.25) is 5.02 Å². The smallest absolute Gasteiger partial charge is 0.213 e. The van der Waals surface area contributed by atoms with Crippen LogP contribution in [0.25, 0.3) is 0 Å². The lowest BCUT2D eigenvalue weighted by Crippen LogP contribution is -2.21. The Morgan fingerprint density at radius 1 is 1.20 bits per heavy atom. The van der Waals surface area contributed by atoms with Gasteiger partial charge >= 0.3 is 0 Å². The molecule has 0 bridgehead atoms. The summed E-state index contributed by atoms with van der Waals surface area (Å²) < 4.78 is 6.13. The van der Waals surface area contributed by atoms with Crippen LogP contribution in [0.5, 0.6) is 5.88 Å². The zero-order valence-electron chi connectivity index (χ0n) is 11.1. The van der Waals surface area contributed by atoms with Crippen molar-refractivity contribution in [1.29, 1.82) is 0 Å². The summed E-state index contributed by atoms with van der Waals surface area (Å²) in [5.41, 5.74) is 1.19. The Labute approximate surface area is 123 Å². The molecule has 1 fully saturated rings. The first-order chi connectivity index (χ1) is 9.83. The SMILES string of the molecule is Clc1ccc(O[C@H](c2ccccc2)C2CCNC2)nc1. The Hall–Kier alpha value is -1.58. The zero-order chi connectivity index (χ0) is 13.8. The summed E-state index contributed by atoms with van der Waals surface area (Å²) in [6, 6.07) is 14.0. The number of pyridine rings is 1. The monoisotopic (exact) mass is 288 g/mol. The van der Waals surface area contributed by atoms with Crippen molar-refractivity contribution in [3.8, 4) is 5.88 Å². The molecule has 1 unspecified atom stereocenters. The highest BCUT2D eigenvalue weighted by molar-refractivity contribution is 6.30. The van der Waals surface area contributed by atoms with Gasteiger partial charge in [-0.1, -0.05) is 41.9 Å². The van der Waals surface area contributed by atoms with Crippen LogP contribution in [0.3, 0.4) is 0 Å². The Morgan fingerprint density at radius 2 is 2.05 bits per heavy atom. The second-order valence-electron chi connectivity index (χ2n) is 5.02. The van der Waals surface area contributed by atoms with Gasteiger partial charge in [0.2, 0.25) is 5.88 Å². The molecule has 3 nitrogen and oxygen atoms in total. The summed E-state index contributed by atoms with van der Waals surface area (Å²) >= 11 is 5.86. The largest absolute Gasteiger partial charge is 0.469 e. The number of hydrogen-bond donors (Lipinski definition) is 1. The lowest BCUT2D eigenvalue weighted by Gasteiger charge is -2.24. The van der Waals surface area contributed by atoms with E-state index < -0.39 is 0 Å². The van der Waals surface area contributed by atoms with E-state index in [0.717, 1.165) is 19.5 Å². The maximum Gasteiger partial charge on any atom is 0.213 e. The highest BCUT2D eigenvalue weighted by Crippen LogP contribution is 2.31. The molecule has 2 heterocycles. The van der Waals surface area contributed by atoms with Crippen LogP contribution < -0.4 is 10.1 Å². The third-order valence-electron chi connectivity index (χ3n) is 3.60. The molecule has 1 aliphatic rings. The summed E-state index contributed by atoms with van der Waals surface area (Å²) in [6.07, 6.45) is 2.76. The van der Waals surface area contributed by atoms with Crippen LogP contribution in [0.15, 0.2) is 48.7 Å². The minimum absolute atomic E-state index is 0.0277. The van der Waals surface area contributed by atoms with Crippen LogP contribution in [-0.4, -0.2) is 18.1 Å². The molecule has 0 radical (unpaired) electrons. The predicted molar refractivity (Wildman–Crippen MR) is 80.0 cm³/mol. The predicted octanol–water partition coefficient (Wildman–Crippen LogP) is 3.46. The fraction of sp³-hybridized carbons (Fsp3) is 0.312. The molecule has 1 saturated heterocycles. The van der Waals surface area contributed by atoms with Gasteiger partial charge in [0.05, 0.1) is 5.02 Å². The fourth-order valence-electron chi connectivity index (χ4n) is 2.58. The Bertz CT molecular complexity index is 538. The molecule has 104 valence electrons. The standard InChI is InChI=1S/C16H17ClN2O/c17-14-6-7-15(19-11-14)20-16(13-8-9-18-10-13)12-4-2-1-3-5-12/h1-7,11,13,16,18H,8-10H2/t13?,16-/m1/s1. The minimum Gasteiger partial charge on any atom is -0.469 e. The quantitative estimate of drug-likeness (QED) is 0.935. The van der Waals surface area contributed by atoms with Crippen LogP contribution in [0.4, 0.5) is 0 Å². The van der Waals surface area contributed by atoms with Gasteiger partial charge < -0.3 is 10.1 Å². The molecule has 0 aliphatic carbocycles. The first-order valence-electron chi connectivity index (χ1n) is 6.87. The van der Waals surface area contributed by atoms with E-state index >= 15 is 0 Å². The number of aromatic nitrogens is 1. The summed E-state index contributed by atoms with van der Waals surface area (Å²) in [5, 5.41) is 4.02. The molecular formula is C16H17ClN2O. The van der Waals surface area contributed by atoms with Crippen molar-refractivity contribution in [2.75, 3.05) is 13.1 Å². The van der Waals surface area contributed by atoms with Crippen LogP contribution in [-0.2, 0) is 0 Å². The second-order valence-corrected chi connectivity index (χ2v) is 5.45. The molecule has 1 aromatic heterocycles. The molecule has 0 amide bonds. The summed E-state index contributed by atoms with van der Waals surface area (Å²) in [5.74, 6) is 1.09. The third-order valence-corrected chi connectivity index (χ3v) is 3.83. The third kappa shape index (κ3) is 3.11. The number of nitrogens with zero attached hydrogens (tertiary/aromatic N) is 1. The van der Waals surface area contributed by atoms with Gasteiger partial charge in [0.15, 0.2) is 0 Å². The van der Waals surface area contributed by atoms with E-state index in [1.165, 1.54) is 5.56 Å². The summed E-state index contributed by atoms with van der Waals surface area (Å²) in [6.45, 7) is 2.03. The molecule has 2 atom stereocenters. The number of rotatable bonds is 4. The van der Waals surface area contributed by atoms with E-state index in [1.54, 1.807) is 12.3 Å². The summed E-state index contributed by atoms with van der Waals surface area (Å²) in [4.78, 5) is 4.24. The van der Waals surface area contributed by atoms with Gasteiger partial charge in [0.1, 0.15) is 6.10 Å². The van der Waals surface area contributed by atoms with Crippen LogP contribution in [0, 0.1) is 5.92 Å². The van der Waals surface area contributed by atoms with Gasteiger partial charge in [-0.2, -0.15) is 0 Å². The average Bonchev–Trinajstić information content (AvgIpc) is 3.01. The lowest BCUT2D eigenvalue weighted by molar-refractivity contribution is 0.138. The van der Waals surface area contributed by atoms with Crippen LogP contribution >= 0.6 is 11.6 Å². The molecule has 0 spiro atoms. The fourth-order valence-corrected chi connectivity index (χ4v) is 2.69. The van der Waals surface area contributed by atoms with E-state index in [2.05, 4.69) is 22.4 Å². The number of benzene rings is 1. The Morgan fingerprint density at radius 3 is 2.70 bits per heavy atom. The molecule has 1 aliphatic heterocycles. The van der Waals surface area contributed by atoms with Gasteiger partial charge in [-0.15, -0.1) is 0 Å². The highest BCUT2D eigenvalue weighted by atomic mass is 35.5. The average molecular weight is 289 g/mol. The first-order valence-corrected chi connectivity index (χ1v) is 7.24. The Kier molecular flexibility index (Phi) is 4.19. The second kappa shape index (κ2) is 6.25. The summed E-state index contributed by atoms with van der Waals surface area (Å²) in [7, 11) is 0. The van der Waals surface area contributed by atoms with Crippen molar-refractivity contribution >= 4 is 11.6 Å². The molecule has 1 N–H and O–H groups in total. The molecule has 0 saturated carbocycles. The van der Waals surface area contributed by atoms with Crippen molar-refractivity contribution in [3.05, 3.63) is 59.2 Å². The zero-order valence-corrected chi connectivity index (χ0v) is 11.9. The molecule has 2 aromatic rings. The molecule has 20 heavy (non-hydrogen) atoms. The number of halogens is 1. The van der Waals surface area contributed by atoms with Gasteiger partial charge in [-0.25, -0.2) is 4.98 Å². The number of ether oxygens (including phenoxy) is 1. The normalized spacial score (nSPS) is 19.8. The maximum absolute atomic E-state index is 6.13. The van der Waals surface area contributed by atoms with Gasteiger partial charge in [-0.05, 0) is 24.6 Å². The van der Waals surface area contributed by atoms with E-state index in [-0.39, 0.29) is 6.10 Å². The van der Waals surface area contributed by atoms with Crippen molar-refractivity contribution < 1.29 is 4.74 Å².